The van der Waals surface area contributed by atoms with E-state index in [2.05, 4.69) is 10.3 Å². The molecule has 0 unspecified atom stereocenters. The number of aromatic nitrogens is 1. The highest BCUT2D eigenvalue weighted by Gasteiger charge is 2.24. The summed E-state index contributed by atoms with van der Waals surface area (Å²) in [6, 6.07) is 3.86. The van der Waals surface area contributed by atoms with Crippen molar-refractivity contribution in [1.29, 1.82) is 0 Å². The summed E-state index contributed by atoms with van der Waals surface area (Å²) in [6.45, 7) is 0.560. The number of hydrogen-bond donors (Lipinski definition) is 3. The van der Waals surface area contributed by atoms with Crippen LogP contribution in [0.15, 0.2) is 18.3 Å². The molecule has 0 bridgehead atoms. The molecule has 1 heterocycles. The van der Waals surface area contributed by atoms with E-state index in [4.69, 9.17) is 0 Å². The van der Waals surface area contributed by atoms with Crippen LogP contribution in [0.3, 0.4) is 0 Å². The zero-order valence-corrected chi connectivity index (χ0v) is 9.28. The lowest BCUT2D eigenvalue weighted by atomic mass is 9.87. The first-order valence-electron chi connectivity index (χ1n) is 5.84. The minimum atomic E-state index is -0.201. The van der Waals surface area contributed by atoms with Gasteiger partial charge in [0.25, 0.3) is 0 Å². The predicted octanol–water partition coefficient (Wildman–Crippen LogP) is 1.18. The zero-order chi connectivity index (χ0) is 11.4. The van der Waals surface area contributed by atoms with Gasteiger partial charge in [0.1, 0.15) is 0 Å². The first-order chi connectivity index (χ1) is 7.75. The summed E-state index contributed by atoms with van der Waals surface area (Å²) in [5.74, 6) is 0.194. The van der Waals surface area contributed by atoms with E-state index >= 15 is 0 Å². The fourth-order valence-corrected chi connectivity index (χ4v) is 2.14. The van der Waals surface area contributed by atoms with Crippen LogP contribution >= 0.6 is 0 Å². The highest BCUT2D eigenvalue weighted by atomic mass is 16.3. The Morgan fingerprint density at radius 1 is 1.44 bits per heavy atom. The summed E-state index contributed by atoms with van der Waals surface area (Å²) in [7, 11) is 0. The van der Waals surface area contributed by atoms with Crippen molar-refractivity contribution in [2.45, 2.75) is 38.3 Å². The minimum Gasteiger partial charge on any atom is -0.393 e. The van der Waals surface area contributed by atoms with Crippen molar-refractivity contribution < 1.29 is 9.90 Å². The molecular formula is C12H18N2O2. The van der Waals surface area contributed by atoms with Crippen molar-refractivity contribution in [3.63, 3.8) is 0 Å². The molecule has 1 aliphatic carbocycles. The lowest BCUT2D eigenvalue weighted by Gasteiger charge is -2.24. The number of nitrogens with one attached hydrogen (secondary N) is 2. The standard InChI is InChI=1S/C12H18N2O2/c15-11-5-3-9(4-6-11)12(16)14-8-10-2-1-7-13-10/h1-2,7,9,11,13,15H,3-6,8H2,(H,14,16). The molecule has 0 atom stereocenters. The molecule has 4 heteroatoms. The lowest BCUT2D eigenvalue weighted by Crippen LogP contribution is -2.33. The van der Waals surface area contributed by atoms with Gasteiger partial charge in [-0.2, -0.15) is 0 Å². The summed E-state index contributed by atoms with van der Waals surface area (Å²) in [6.07, 6.45) is 4.75. The molecule has 1 aromatic rings. The van der Waals surface area contributed by atoms with Gasteiger partial charge in [-0.15, -0.1) is 0 Å². The number of H-pyrrole nitrogens is 1. The molecule has 0 aromatic carbocycles. The molecule has 0 aliphatic heterocycles. The van der Waals surface area contributed by atoms with Crippen LogP contribution in [0.5, 0.6) is 0 Å². The Morgan fingerprint density at radius 2 is 2.19 bits per heavy atom. The fourth-order valence-electron chi connectivity index (χ4n) is 2.14. The molecule has 0 saturated heterocycles. The molecule has 3 N–H and O–H groups in total. The van der Waals surface area contributed by atoms with Crippen LogP contribution in [-0.4, -0.2) is 22.1 Å². The van der Waals surface area contributed by atoms with Gasteiger partial charge in [-0.1, -0.05) is 0 Å². The topological polar surface area (TPSA) is 65.1 Å². The van der Waals surface area contributed by atoms with Gasteiger partial charge in [-0.25, -0.2) is 0 Å². The van der Waals surface area contributed by atoms with E-state index in [9.17, 15) is 9.90 Å². The maximum absolute atomic E-state index is 11.8. The second-order valence-corrected chi connectivity index (χ2v) is 4.42. The van der Waals surface area contributed by atoms with Gasteiger partial charge in [-0.3, -0.25) is 4.79 Å². The number of rotatable bonds is 3. The summed E-state index contributed by atoms with van der Waals surface area (Å²) in [5, 5.41) is 12.3. The molecular weight excluding hydrogens is 204 g/mol. The Hall–Kier alpha value is -1.29. The summed E-state index contributed by atoms with van der Waals surface area (Å²) in [5.41, 5.74) is 1.02. The number of aromatic amines is 1. The Balaban J connectivity index is 1.75. The summed E-state index contributed by atoms with van der Waals surface area (Å²) in [4.78, 5) is 14.8. The Kier molecular flexibility index (Phi) is 3.62. The van der Waals surface area contributed by atoms with Crippen molar-refractivity contribution in [2.24, 2.45) is 5.92 Å². The lowest BCUT2D eigenvalue weighted by molar-refractivity contribution is -0.126. The van der Waals surface area contributed by atoms with Gasteiger partial charge >= 0.3 is 0 Å². The minimum absolute atomic E-state index is 0.0818. The molecule has 1 aliphatic rings. The van der Waals surface area contributed by atoms with Crippen LogP contribution in [0.25, 0.3) is 0 Å². The molecule has 1 fully saturated rings. The largest absolute Gasteiger partial charge is 0.393 e. The summed E-state index contributed by atoms with van der Waals surface area (Å²) < 4.78 is 0. The van der Waals surface area contributed by atoms with Crippen molar-refractivity contribution in [3.05, 3.63) is 24.0 Å². The maximum Gasteiger partial charge on any atom is 0.223 e. The number of carbonyl (C=O) groups is 1. The van der Waals surface area contributed by atoms with E-state index < -0.39 is 0 Å². The van der Waals surface area contributed by atoms with Gasteiger partial charge in [0.15, 0.2) is 0 Å². The molecule has 1 saturated carbocycles. The average Bonchev–Trinajstić information content (AvgIpc) is 2.80. The molecule has 0 radical (unpaired) electrons. The molecule has 16 heavy (non-hydrogen) atoms. The zero-order valence-electron chi connectivity index (χ0n) is 9.28. The van der Waals surface area contributed by atoms with Crippen LogP contribution in [0, 0.1) is 5.92 Å². The molecule has 88 valence electrons. The molecule has 1 amide bonds. The van der Waals surface area contributed by atoms with E-state index in [0.29, 0.717) is 6.54 Å². The number of hydrogen-bond acceptors (Lipinski definition) is 2. The quantitative estimate of drug-likeness (QED) is 0.719. The smallest absolute Gasteiger partial charge is 0.223 e. The molecule has 4 nitrogen and oxygen atoms in total. The van der Waals surface area contributed by atoms with Crippen LogP contribution in [-0.2, 0) is 11.3 Å². The second kappa shape index (κ2) is 5.16. The van der Waals surface area contributed by atoms with Crippen LogP contribution < -0.4 is 5.32 Å². The van der Waals surface area contributed by atoms with E-state index in [-0.39, 0.29) is 17.9 Å². The normalized spacial score (nSPS) is 25.3. The Bertz CT molecular complexity index is 327. The van der Waals surface area contributed by atoms with Gasteiger partial charge < -0.3 is 15.4 Å². The van der Waals surface area contributed by atoms with Crippen LogP contribution in [0.1, 0.15) is 31.4 Å². The first kappa shape index (κ1) is 11.2. The third kappa shape index (κ3) is 2.85. The maximum atomic E-state index is 11.8. The monoisotopic (exact) mass is 222 g/mol. The van der Waals surface area contributed by atoms with Crippen molar-refractivity contribution in [3.8, 4) is 0 Å². The third-order valence-corrected chi connectivity index (χ3v) is 3.18. The third-order valence-electron chi connectivity index (χ3n) is 3.18. The van der Waals surface area contributed by atoms with E-state index in [1.54, 1.807) is 0 Å². The number of aliphatic hydroxyl groups is 1. The van der Waals surface area contributed by atoms with Crippen molar-refractivity contribution in [2.75, 3.05) is 0 Å². The van der Waals surface area contributed by atoms with Gasteiger partial charge in [0.05, 0.1) is 12.6 Å². The van der Waals surface area contributed by atoms with Gasteiger partial charge in [0.2, 0.25) is 5.91 Å². The highest BCUT2D eigenvalue weighted by Crippen LogP contribution is 2.24. The van der Waals surface area contributed by atoms with Gasteiger partial charge in [0, 0.05) is 17.8 Å². The number of amides is 1. The van der Waals surface area contributed by atoms with Crippen molar-refractivity contribution >= 4 is 5.91 Å². The first-order valence-corrected chi connectivity index (χ1v) is 5.84. The van der Waals surface area contributed by atoms with Crippen LogP contribution in [0.2, 0.25) is 0 Å². The van der Waals surface area contributed by atoms with Gasteiger partial charge in [-0.05, 0) is 37.8 Å². The molecule has 0 spiro atoms. The highest BCUT2D eigenvalue weighted by molar-refractivity contribution is 5.78. The number of aliphatic hydroxyl groups excluding tert-OH is 1. The Morgan fingerprint density at radius 3 is 2.81 bits per heavy atom. The van der Waals surface area contributed by atoms with Crippen LogP contribution in [0.4, 0.5) is 0 Å². The Labute approximate surface area is 95.1 Å². The average molecular weight is 222 g/mol. The van der Waals surface area contributed by atoms with E-state index in [1.165, 1.54) is 0 Å². The second-order valence-electron chi connectivity index (χ2n) is 4.42. The number of carbonyl (C=O) groups excluding carboxylic acids is 1. The van der Waals surface area contributed by atoms with Crippen molar-refractivity contribution in [1.82, 2.24) is 10.3 Å². The van der Waals surface area contributed by atoms with E-state index in [0.717, 1.165) is 31.4 Å². The summed E-state index contributed by atoms with van der Waals surface area (Å²) >= 11 is 0. The fraction of sp³-hybridized carbons (Fsp3) is 0.583. The SMILES string of the molecule is O=C(NCc1ccc[nH]1)C1CCC(O)CC1. The molecule has 2 rings (SSSR count). The van der Waals surface area contributed by atoms with E-state index in [1.807, 2.05) is 18.3 Å². The predicted molar refractivity (Wildman–Crippen MR) is 60.6 cm³/mol. The molecule has 1 aromatic heterocycles.